The average Bonchev–Trinajstić information content (AvgIpc) is 2.14. The van der Waals surface area contributed by atoms with E-state index in [9.17, 15) is 14.7 Å². The number of carbonyl (C=O) groups is 1. The molecule has 1 heterocycles. The van der Waals surface area contributed by atoms with Crippen molar-refractivity contribution in [3.05, 3.63) is 34.2 Å². The van der Waals surface area contributed by atoms with Gasteiger partial charge in [0.05, 0.1) is 5.60 Å². The molecule has 16 heavy (non-hydrogen) atoms. The van der Waals surface area contributed by atoms with Gasteiger partial charge < -0.3 is 15.0 Å². The highest BCUT2D eigenvalue weighted by molar-refractivity contribution is 5.93. The van der Waals surface area contributed by atoms with Crippen molar-refractivity contribution in [2.45, 2.75) is 19.4 Å². The van der Waals surface area contributed by atoms with Crippen LogP contribution >= 0.6 is 0 Å². The molecule has 1 aromatic rings. The number of aromatic amines is 1. The van der Waals surface area contributed by atoms with Gasteiger partial charge in [-0.2, -0.15) is 0 Å². The second kappa shape index (κ2) is 4.49. The topological polar surface area (TPSA) is 73.4 Å². The molecule has 0 saturated heterocycles. The Bertz CT molecular complexity index is 431. The molecule has 0 aliphatic rings. The van der Waals surface area contributed by atoms with E-state index in [0.29, 0.717) is 5.56 Å². The second-order valence-electron chi connectivity index (χ2n) is 4.42. The van der Waals surface area contributed by atoms with Gasteiger partial charge in [-0.25, -0.2) is 0 Å². The lowest BCUT2D eigenvalue weighted by molar-refractivity contribution is 0.0368. The van der Waals surface area contributed by atoms with Crippen LogP contribution in [0.3, 0.4) is 0 Å². The third-order valence-electron chi connectivity index (χ3n) is 1.99. The SMILES string of the molecule is CN(CC(C)(C)O)C(=O)c1cc[nH]c(=O)c1. The molecule has 0 atom stereocenters. The summed E-state index contributed by atoms with van der Waals surface area (Å²) in [5.74, 6) is -0.284. The number of rotatable bonds is 3. The van der Waals surface area contributed by atoms with Crippen molar-refractivity contribution in [3.8, 4) is 0 Å². The maximum Gasteiger partial charge on any atom is 0.253 e. The first-order valence-corrected chi connectivity index (χ1v) is 4.96. The van der Waals surface area contributed by atoms with Crippen molar-refractivity contribution in [2.75, 3.05) is 13.6 Å². The molecular formula is C11H16N2O3. The molecular weight excluding hydrogens is 208 g/mol. The lowest BCUT2D eigenvalue weighted by Crippen LogP contribution is -2.39. The highest BCUT2D eigenvalue weighted by Gasteiger charge is 2.20. The Balaban J connectivity index is 2.83. The second-order valence-corrected chi connectivity index (χ2v) is 4.42. The van der Waals surface area contributed by atoms with E-state index in [0.717, 1.165) is 0 Å². The number of carbonyl (C=O) groups excluding carboxylic acids is 1. The van der Waals surface area contributed by atoms with E-state index < -0.39 is 5.60 Å². The van der Waals surface area contributed by atoms with E-state index in [-0.39, 0.29) is 18.0 Å². The number of nitrogens with one attached hydrogen (secondary N) is 1. The fourth-order valence-electron chi connectivity index (χ4n) is 1.45. The molecule has 1 amide bonds. The third kappa shape index (κ3) is 3.51. The number of aliphatic hydroxyl groups is 1. The predicted octanol–water partition coefficient (Wildman–Crippen LogP) is 0.218. The zero-order chi connectivity index (χ0) is 12.3. The molecule has 0 aliphatic heterocycles. The van der Waals surface area contributed by atoms with E-state index in [4.69, 9.17) is 0 Å². The molecule has 0 radical (unpaired) electrons. The Morgan fingerprint density at radius 3 is 2.69 bits per heavy atom. The molecule has 5 heteroatoms. The van der Waals surface area contributed by atoms with Crippen molar-refractivity contribution in [1.82, 2.24) is 9.88 Å². The molecule has 0 spiro atoms. The van der Waals surface area contributed by atoms with Crippen LogP contribution in [0.25, 0.3) is 0 Å². The summed E-state index contributed by atoms with van der Waals surface area (Å²) in [6.45, 7) is 3.45. The van der Waals surface area contributed by atoms with Gasteiger partial charge in [-0.15, -0.1) is 0 Å². The zero-order valence-corrected chi connectivity index (χ0v) is 9.65. The largest absolute Gasteiger partial charge is 0.389 e. The third-order valence-corrected chi connectivity index (χ3v) is 1.99. The molecule has 0 bridgehead atoms. The summed E-state index contributed by atoms with van der Waals surface area (Å²) in [5, 5.41) is 9.58. The van der Waals surface area contributed by atoms with Gasteiger partial charge in [0.25, 0.3) is 5.91 Å². The number of amides is 1. The fraction of sp³-hybridized carbons (Fsp3) is 0.455. The highest BCUT2D eigenvalue weighted by Crippen LogP contribution is 2.06. The Labute approximate surface area is 93.7 Å². The van der Waals surface area contributed by atoms with Gasteiger partial charge in [-0.05, 0) is 19.9 Å². The predicted molar refractivity (Wildman–Crippen MR) is 60.3 cm³/mol. The molecule has 0 aromatic carbocycles. The first-order chi connectivity index (χ1) is 7.29. The minimum Gasteiger partial charge on any atom is -0.389 e. The molecule has 1 aromatic heterocycles. The van der Waals surface area contributed by atoms with Crippen molar-refractivity contribution >= 4 is 5.91 Å². The number of hydrogen-bond donors (Lipinski definition) is 2. The summed E-state index contributed by atoms with van der Waals surface area (Å²) >= 11 is 0. The quantitative estimate of drug-likeness (QED) is 0.771. The van der Waals surface area contributed by atoms with Crippen LogP contribution in [-0.2, 0) is 0 Å². The summed E-state index contributed by atoms with van der Waals surface area (Å²) in [7, 11) is 1.58. The maximum atomic E-state index is 11.8. The molecule has 0 fully saturated rings. The van der Waals surface area contributed by atoms with Crippen LogP contribution in [0, 0.1) is 0 Å². The lowest BCUT2D eigenvalue weighted by Gasteiger charge is -2.25. The van der Waals surface area contributed by atoms with Crippen molar-refractivity contribution in [1.29, 1.82) is 0 Å². The van der Waals surface area contributed by atoms with Crippen LogP contribution in [0.4, 0.5) is 0 Å². The Morgan fingerprint density at radius 1 is 1.56 bits per heavy atom. The van der Waals surface area contributed by atoms with E-state index in [1.165, 1.54) is 23.2 Å². The number of aromatic nitrogens is 1. The van der Waals surface area contributed by atoms with Crippen LogP contribution in [0.1, 0.15) is 24.2 Å². The van der Waals surface area contributed by atoms with Gasteiger partial charge in [-0.1, -0.05) is 0 Å². The smallest absolute Gasteiger partial charge is 0.253 e. The normalized spacial score (nSPS) is 11.2. The van der Waals surface area contributed by atoms with Crippen LogP contribution in [-0.4, -0.2) is 40.1 Å². The monoisotopic (exact) mass is 224 g/mol. The van der Waals surface area contributed by atoms with Crippen LogP contribution in [0.5, 0.6) is 0 Å². The molecule has 2 N–H and O–H groups in total. The number of hydrogen-bond acceptors (Lipinski definition) is 3. The molecule has 0 aliphatic carbocycles. The first-order valence-electron chi connectivity index (χ1n) is 4.96. The van der Waals surface area contributed by atoms with Crippen LogP contribution < -0.4 is 5.56 Å². The van der Waals surface area contributed by atoms with E-state index in [1.54, 1.807) is 20.9 Å². The highest BCUT2D eigenvalue weighted by atomic mass is 16.3. The number of H-pyrrole nitrogens is 1. The Morgan fingerprint density at radius 2 is 2.19 bits per heavy atom. The molecule has 88 valence electrons. The summed E-state index contributed by atoms with van der Waals surface area (Å²) in [5.41, 5.74) is -0.955. The Kier molecular flexibility index (Phi) is 3.49. The van der Waals surface area contributed by atoms with E-state index in [2.05, 4.69) is 4.98 Å². The maximum absolute atomic E-state index is 11.8. The lowest BCUT2D eigenvalue weighted by atomic mass is 10.1. The summed E-state index contributed by atoms with van der Waals surface area (Å²) < 4.78 is 0. The zero-order valence-electron chi connectivity index (χ0n) is 9.65. The minimum atomic E-state index is -0.953. The van der Waals surface area contributed by atoms with Crippen molar-refractivity contribution < 1.29 is 9.90 Å². The summed E-state index contributed by atoms with van der Waals surface area (Å²) in [6, 6.07) is 2.77. The van der Waals surface area contributed by atoms with Gasteiger partial charge >= 0.3 is 0 Å². The number of nitrogens with zero attached hydrogens (tertiary/aromatic N) is 1. The van der Waals surface area contributed by atoms with Crippen molar-refractivity contribution in [2.24, 2.45) is 0 Å². The van der Waals surface area contributed by atoms with E-state index in [1.807, 2.05) is 0 Å². The molecule has 0 unspecified atom stereocenters. The fourth-order valence-corrected chi connectivity index (χ4v) is 1.45. The molecule has 0 saturated carbocycles. The van der Waals surface area contributed by atoms with Crippen molar-refractivity contribution in [3.63, 3.8) is 0 Å². The number of pyridine rings is 1. The van der Waals surface area contributed by atoms with E-state index >= 15 is 0 Å². The molecule has 5 nitrogen and oxygen atoms in total. The van der Waals surface area contributed by atoms with Crippen LogP contribution in [0.2, 0.25) is 0 Å². The van der Waals surface area contributed by atoms with Gasteiger partial charge in [0.1, 0.15) is 0 Å². The van der Waals surface area contributed by atoms with Crippen LogP contribution in [0.15, 0.2) is 23.1 Å². The number of likely N-dealkylation sites (N-methyl/N-ethyl adjacent to an activating group) is 1. The minimum absolute atomic E-state index is 0.207. The summed E-state index contributed by atoms with van der Waals surface area (Å²) in [6.07, 6.45) is 1.42. The van der Waals surface area contributed by atoms with Gasteiger partial charge in [0.2, 0.25) is 5.56 Å². The van der Waals surface area contributed by atoms with Gasteiger partial charge in [0, 0.05) is 31.4 Å². The Hall–Kier alpha value is -1.62. The van der Waals surface area contributed by atoms with Gasteiger partial charge in [0.15, 0.2) is 0 Å². The summed E-state index contributed by atoms with van der Waals surface area (Å²) in [4.78, 5) is 26.7. The standard InChI is InChI=1S/C11H16N2O3/c1-11(2,16)7-13(3)10(15)8-4-5-12-9(14)6-8/h4-6,16H,7H2,1-3H3,(H,12,14). The van der Waals surface area contributed by atoms with Gasteiger partial charge in [-0.3, -0.25) is 9.59 Å². The first kappa shape index (κ1) is 12.4. The average molecular weight is 224 g/mol. The molecule has 1 rings (SSSR count).